The Morgan fingerprint density at radius 2 is 1.75 bits per heavy atom. The van der Waals surface area contributed by atoms with Crippen LogP contribution in [-0.2, 0) is 14.3 Å². The predicted molar refractivity (Wildman–Crippen MR) is 96.6 cm³/mol. The van der Waals surface area contributed by atoms with E-state index < -0.39 is 41.7 Å². The fourth-order valence-electron chi connectivity index (χ4n) is 2.55. The quantitative estimate of drug-likeness (QED) is 0.234. The molecule has 0 aromatic carbocycles. The number of alkyl halides is 6. The van der Waals surface area contributed by atoms with E-state index >= 15 is 0 Å². The smallest absolute Gasteiger partial charge is 0.428 e. The van der Waals surface area contributed by atoms with E-state index in [-0.39, 0.29) is 15.6 Å². The summed E-state index contributed by atoms with van der Waals surface area (Å²) in [4.78, 5) is 11.5. The van der Waals surface area contributed by atoms with Gasteiger partial charge in [0, 0.05) is 6.42 Å². The Morgan fingerprint density at radius 1 is 1.25 bits per heavy atom. The van der Waals surface area contributed by atoms with Crippen molar-refractivity contribution >= 4 is 28.6 Å². The molecule has 1 rings (SSSR count). The lowest BCUT2D eigenvalue weighted by Crippen LogP contribution is -2.65. The molecule has 0 saturated heterocycles. The van der Waals surface area contributed by atoms with E-state index in [4.69, 9.17) is 9.47 Å². The van der Waals surface area contributed by atoms with Crippen LogP contribution in [0, 0.1) is 0 Å². The van der Waals surface area contributed by atoms with Gasteiger partial charge in [-0.25, -0.2) is 4.79 Å². The first-order valence-corrected chi connectivity index (χ1v) is 8.99. The first kappa shape index (κ1) is 25.0. The number of rotatable bonds is 6. The molecule has 0 saturated carbocycles. The van der Waals surface area contributed by atoms with Crippen LogP contribution >= 0.6 is 22.6 Å². The Kier molecular flexibility index (Phi) is 7.44. The number of carbonyl (C=O) groups excluding carboxylic acids is 1. The maximum atomic E-state index is 13.0. The lowest BCUT2D eigenvalue weighted by molar-refractivity contribution is -0.397. The van der Waals surface area contributed by atoms with Crippen molar-refractivity contribution in [2.24, 2.45) is 0 Å². The lowest BCUT2D eigenvalue weighted by atomic mass is 9.90. The van der Waals surface area contributed by atoms with Crippen molar-refractivity contribution in [1.29, 1.82) is 0 Å². The molecule has 0 radical (unpaired) electrons. The van der Waals surface area contributed by atoms with Crippen LogP contribution in [-0.4, -0.2) is 46.8 Å². The van der Waals surface area contributed by atoms with Gasteiger partial charge in [-0.2, -0.15) is 26.3 Å². The van der Waals surface area contributed by atoms with Crippen LogP contribution in [0.15, 0.2) is 34.0 Å². The summed E-state index contributed by atoms with van der Waals surface area (Å²) in [6.07, 6.45) is -10.8. The predicted octanol–water partition coefficient (Wildman–Crippen LogP) is 4.77. The summed E-state index contributed by atoms with van der Waals surface area (Å²) in [6.45, 7) is 6.46. The van der Waals surface area contributed by atoms with Gasteiger partial charge in [0.1, 0.15) is 12.2 Å². The molecule has 0 aromatic heterocycles. The number of esters is 1. The molecule has 2 atom stereocenters. The van der Waals surface area contributed by atoms with Crippen LogP contribution in [0.1, 0.15) is 27.2 Å². The van der Waals surface area contributed by atoms with Gasteiger partial charge in [-0.3, -0.25) is 0 Å². The molecule has 0 fully saturated rings. The number of hydrogen-bond donors (Lipinski definition) is 1. The molecule has 0 aliphatic heterocycles. The number of carbonyl (C=O) groups is 1. The number of aliphatic hydroxyl groups is 1. The average Bonchev–Trinajstić information content (AvgIpc) is 2.51. The molecule has 2 unspecified atom stereocenters. The molecule has 0 spiro atoms. The van der Waals surface area contributed by atoms with Crippen LogP contribution in [0.25, 0.3) is 0 Å². The second kappa shape index (κ2) is 8.34. The summed E-state index contributed by atoms with van der Waals surface area (Å²) in [5.41, 5.74) is -6.36. The van der Waals surface area contributed by atoms with Gasteiger partial charge in [-0.1, -0.05) is 18.7 Å². The zero-order chi connectivity index (χ0) is 22.1. The van der Waals surface area contributed by atoms with Crippen molar-refractivity contribution in [3.05, 3.63) is 34.0 Å². The third-order valence-corrected chi connectivity index (χ3v) is 4.60. The number of halogens is 7. The van der Waals surface area contributed by atoms with Crippen molar-refractivity contribution in [2.75, 3.05) is 0 Å². The van der Waals surface area contributed by atoms with Crippen LogP contribution in [0.5, 0.6) is 0 Å². The lowest BCUT2D eigenvalue weighted by Gasteiger charge is -2.41. The van der Waals surface area contributed by atoms with Crippen LogP contribution in [0.4, 0.5) is 26.3 Å². The van der Waals surface area contributed by atoms with E-state index in [9.17, 15) is 36.2 Å². The Morgan fingerprint density at radius 3 is 2.11 bits per heavy atom. The number of hydrogen-bond acceptors (Lipinski definition) is 4. The van der Waals surface area contributed by atoms with E-state index in [1.54, 1.807) is 22.6 Å². The fourth-order valence-corrected chi connectivity index (χ4v) is 2.68. The molecule has 1 aliphatic carbocycles. The molecule has 0 bridgehead atoms. The van der Waals surface area contributed by atoms with E-state index in [1.807, 2.05) is 0 Å². The SMILES string of the molecule is C=C(I)C(=O)OC1C=CC(C(C)(C)OC(C)C(O)(C(F)(F)F)C(F)(F)F)=CC1. The molecule has 160 valence electrons. The van der Waals surface area contributed by atoms with Crippen molar-refractivity contribution in [2.45, 2.75) is 63.0 Å². The van der Waals surface area contributed by atoms with Crippen LogP contribution in [0.2, 0.25) is 0 Å². The Hall–Kier alpha value is -1.08. The molecule has 4 nitrogen and oxygen atoms in total. The standard InChI is InChI=1S/C17H19F6IO4/c1-9(24)13(25)27-12-7-5-11(6-8-12)14(3,4)28-10(2)15(26,16(18,19)20)17(21,22)23/h5-7,10,12,26H,1,8H2,2-4H3. The van der Waals surface area contributed by atoms with Gasteiger partial charge in [0.2, 0.25) is 0 Å². The minimum atomic E-state index is -5.99. The van der Waals surface area contributed by atoms with Gasteiger partial charge in [0.15, 0.2) is 0 Å². The molecular formula is C17H19F6IO4. The van der Waals surface area contributed by atoms with E-state index in [0.29, 0.717) is 6.92 Å². The first-order chi connectivity index (χ1) is 12.4. The fraction of sp³-hybridized carbons (Fsp3) is 0.588. The average molecular weight is 528 g/mol. The third-order valence-electron chi connectivity index (χ3n) is 4.16. The molecule has 1 aliphatic rings. The summed E-state index contributed by atoms with van der Waals surface area (Å²) in [7, 11) is 0. The zero-order valence-electron chi connectivity index (χ0n) is 15.1. The topological polar surface area (TPSA) is 55.8 Å². The summed E-state index contributed by atoms with van der Waals surface area (Å²) < 4.78 is 88.1. The van der Waals surface area contributed by atoms with E-state index in [1.165, 1.54) is 32.1 Å². The number of ether oxygens (including phenoxy) is 2. The second-order valence-electron chi connectivity index (χ2n) is 6.64. The van der Waals surface area contributed by atoms with Gasteiger partial charge in [0.25, 0.3) is 5.60 Å². The monoisotopic (exact) mass is 528 g/mol. The van der Waals surface area contributed by atoms with Crippen molar-refractivity contribution < 1.29 is 45.7 Å². The Labute approximate surface area is 171 Å². The van der Waals surface area contributed by atoms with Gasteiger partial charge < -0.3 is 14.6 Å². The molecule has 11 heteroatoms. The van der Waals surface area contributed by atoms with Gasteiger partial charge in [-0.15, -0.1) is 0 Å². The maximum absolute atomic E-state index is 13.0. The highest BCUT2D eigenvalue weighted by molar-refractivity contribution is 14.1. The van der Waals surface area contributed by atoms with Crippen LogP contribution < -0.4 is 0 Å². The minimum absolute atomic E-state index is 0.144. The van der Waals surface area contributed by atoms with E-state index in [2.05, 4.69) is 6.58 Å². The molecule has 0 aromatic rings. The summed E-state index contributed by atoms with van der Waals surface area (Å²) >= 11 is 1.68. The molecule has 28 heavy (non-hydrogen) atoms. The second-order valence-corrected chi connectivity index (χ2v) is 7.94. The zero-order valence-corrected chi connectivity index (χ0v) is 17.3. The van der Waals surface area contributed by atoms with Crippen molar-refractivity contribution in [3.8, 4) is 0 Å². The maximum Gasteiger partial charge on any atom is 0.428 e. The largest absolute Gasteiger partial charge is 0.454 e. The molecular weight excluding hydrogens is 509 g/mol. The highest BCUT2D eigenvalue weighted by Crippen LogP contribution is 2.47. The summed E-state index contributed by atoms with van der Waals surface area (Å²) in [6, 6.07) is 0. The van der Waals surface area contributed by atoms with Gasteiger partial charge in [-0.05, 0) is 55.0 Å². The van der Waals surface area contributed by atoms with E-state index in [0.717, 1.165) is 0 Å². The molecule has 0 amide bonds. The van der Waals surface area contributed by atoms with Crippen LogP contribution in [0.3, 0.4) is 0 Å². The van der Waals surface area contributed by atoms with Gasteiger partial charge >= 0.3 is 18.3 Å². The van der Waals surface area contributed by atoms with Gasteiger partial charge in [0.05, 0.1) is 9.18 Å². The summed E-state index contributed by atoms with van der Waals surface area (Å²) in [5.74, 6) is -0.642. The Balaban J connectivity index is 2.97. The van der Waals surface area contributed by atoms with Crippen molar-refractivity contribution in [1.82, 2.24) is 0 Å². The Bertz CT molecular complexity index is 664. The highest BCUT2D eigenvalue weighted by Gasteiger charge is 2.74. The molecule has 1 N–H and O–H groups in total. The molecule has 0 heterocycles. The minimum Gasteiger partial charge on any atom is -0.454 e. The summed E-state index contributed by atoms with van der Waals surface area (Å²) in [5, 5.41) is 9.43. The highest BCUT2D eigenvalue weighted by atomic mass is 127. The van der Waals surface area contributed by atoms with Crippen molar-refractivity contribution in [3.63, 3.8) is 0 Å². The normalized spacial score (nSPS) is 19.8. The third kappa shape index (κ3) is 5.29. The first-order valence-electron chi connectivity index (χ1n) is 7.91.